The number of ether oxygens (including phenoxy) is 5. The second-order valence-electron chi connectivity index (χ2n) is 8.16. The van der Waals surface area contributed by atoms with Crippen molar-refractivity contribution in [2.24, 2.45) is 11.8 Å². The molecule has 0 aromatic heterocycles. The molecule has 146 valence electrons. The molecule has 9 atom stereocenters. The first kappa shape index (κ1) is 17.4. The number of esters is 2. The molecule has 1 saturated carbocycles. The van der Waals surface area contributed by atoms with Crippen LogP contribution in [0.3, 0.4) is 0 Å². The summed E-state index contributed by atoms with van der Waals surface area (Å²) < 4.78 is 28.6. The van der Waals surface area contributed by atoms with E-state index in [1.54, 1.807) is 6.92 Å². The Hall–Kier alpha value is -1.74. The highest BCUT2D eigenvalue weighted by molar-refractivity contribution is 5.91. The highest BCUT2D eigenvalue weighted by Crippen LogP contribution is 2.56. The number of hydrogen-bond donors (Lipinski definition) is 1. The summed E-state index contributed by atoms with van der Waals surface area (Å²) in [4.78, 5) is 24.5. The normalized spacial score (nSPS) is 49.9. The van der Waals surface area contributed by atoms with E-state index in [4.69, 9.17) is 23.7 Å². The first-order valence-corrected chi connectivity index (χ1v) is 9.21. The molecule has 4 saturated heterocycles. The molecule has 5 aliphatic rings. The summed E-state index contributed by atoms with van der Waals surface area (Å²) in [6, 6.07) is 0. The van der Waals surface area contributed by atoms with Crippen molar-refractivity contribution in [1.29, 1.82) is 0 Å². The van der Waals surface area contributed by atoms with Gasteiger partial charge in [-0.05, 0) is 13.3 Å². The maximum absolute atomic E-state index is 12.3. The average molecular weight is 378 g/mol. The van der Waals surface area contributed by atoms with Crippen molar-refractivity contribution in [3.05, 3.63) is 24.3 Å². The lowest BCUT2D eigenvalue weighted by atomic mass is 9.79. The van der Waals surface area contributed by atoms with Crippen LogP contribution in [0, 0.1) is 11.8 Å². The van der Waals surface area contributed by atoms with E-state index < -0.39 is 42.0 Å². The van der Waals surface area contributed by atoms with Gasteiger partial charge in [0.05, 0.1) is 24.7 Å². The summed E-state index contributed by atoms with van der Waals surface area (Å²) in [6.07, 6.45) is -2.32. The van der Waals surface area contributed by atoms with Crippen LogP contribution in [0.4, 0.5) is 0 Å². The van der Waals surface area contributed by atoms with Gasteiger partial charge in [0.1, 0.15) is 23.9 Å². The van der Waals surface area contributed by atoms with Crippen molar-refractivity contribution in [3.8, 4) is 0 Å². The van der Waals surface area contributed by atoms with Gasteiger partial charge in [0.15, 0.2) is 6.29 Å². The van der Waals surface area contributed by atoms with Gasteiger partial charge in [-0.1, -0.05) is 13.2 Å². The quantitative estimate of drug-likeness (QED) is 0.414. The summed E-state index contributed by atoms with van der Waals surface area (Å²) in [7, 11) is 0. The van der Waals surface area contributed by atoms with Crippen LogP contribution in [-0.2, 0) is 33.3 Å². The third-order valence-electron chi connectivity index (χ3n) is 6.39. The van der Waals surface area contributed by atoms with E-state index in [1.807, 2.05) is 0 Å². The molecule has 4 heterocycles. The topological polar surface area (TPSA) is 107 Å². The summed E-state index contributed by atoms with van der Waals surface area (Å²) >= 11 is 0. The highest BCUT2D eigenvalue weighted by atomic mass is 16.7. The number of aliphatic hydroxyl groups is 1. The van der Waals surface area contributed by atoms with Crippen LogP contribution in [0.25, 0.3) is 0 Å². The standard InChI is InChI=1S/C19H22O8/c1-7(2)16(20)24-10-5-19-11(27-19)4-9(6-23-18(19)22)13-15(25-13)14-12(10)8(3)17(21)26-14/h9-15,18,22H,1,3-6H2,2H3/t9-,10-,11-,12+,13+,14-,15+,18-,19-/m0/s1. The molecule has 27 heavy (non-hydrogen) atoms. The van der Waals surface area contributed by atoms with Crippen molar-refractivity contribution in [2.45, 2.75) is 62.2 Å². The van der Waals surface area contributed by atoms with Crippen molar-refractivity contribution < 1.29 is 38.4 Å². The summed E-state index contributed by atoms with van der Waals surface area (Å²) in [6.45, 7) is 9.37. The van der Waals surface area contributed by atoms with Gasteiger partial charge in [-0.3, -0.25) is 0 Å². The zero-order valence-corrected chi connectivity index (χ0v) is 15.0. The molecule has 8 heteroatoms. The van der Waals surface area contributed by atoms with Crippen LogP contribution in [0.15, 0.2) is 24.3 Å². The fourth-order valence-electron chi connectivity index (χ4n) is 4.79. The van der Waals surface area contributed by atoms with E-state index in [9.17, 15) is 14.7 Å². The Balaban J connectivity index is 1.54. The van der Waals surface area contributed by atoms with Gasteiger partial charge in [-0.15, -0.1) is 0 Å². The van der Waals surface area contributed by atoms with Gasteiger partial charge in [0.2, 0.25) is 0 Å². The minimum Gasteiger partial charge on any atom is -0.458 e. The van der Waals surface area contributed by atoms with Crippen molar-refractivity contribution in [3.63, 3.8) is 0 Å². The molecule has 0 radical (unpaired) electrons. The summed E-state index contributed by atoms with van der Waals surface area (Å²) in [5, 5.41) is 10.6. The third kappa shape index (κ3) is 2.51. The number of hydrogen-bond acceptors (Lipinski definition) is 8. The molecule has 1 aliphatic carbocycles. The van der Waals surface area contributed by atoms with Crippen LogP contribution in [0.2, 0.25) is 0 Å². The third-order valence-corrected chi connectivity index (χ3v) is 6.39. The van der Waals surface area contributed by atoms with Crippen LogP contribution in [0.1, 0.15) is 19.8 Å². The number of rotatable bonds is 2. The second kappa shape index (κ2) is 5.64. The lowest BCUT2D eigenvalue weighted by molar-refractivity contribution is -0.167. The number of epoxide rings is 2. The van der Waals surface area contributed by atoms with E-state index in [0.29, 0.717) is 13.0 Å². The van der Waals surface area contributed by atoms with Crippen molar-refractivity contribution in [1.82, 2.24) is 0 Å². The molecule has 0 amide bonds. The monoisotopic (exact) mass is 378 g/mol. The number of carbonyl (C=O) groups excluding carboxylic acids is 2. The molecule has 5 rings (SSSR count). The fourth-order valence-corrected chi connectivity index (χ4v) is 4.79. The Morgan fingerprint density at radius 3 is 2.85 bits per heavy atom. The maximum atomic E-state index is 12.3. The Kier molecular flexibility index (Phi) is 3.62. The van der Waals surface area contributed by atoms with Crippen molar-refractivity contribution >= 4 is 11.9 Å². The molecule has 5 fully saturated rings. The Morgan fingerprint density at radius 2 is 2.11 bits per heavy atom. The van der Waals surface area contributed by atoms with Crippen LogP contribution >= 0.6 is 0 Å². The minimum atomic E-state index is -1.14. The van der Waals surface area contributed by atoms with Gasteiger partial charge in [0, 0.05) is 23.5 Å². The Morgan fingerprint density at radius 1 is 1.33 bits per heavy atom. The maximum Gasteiger partial charge on any atom is 0.334 e. The van der Waals surface area contributed by atoms with Gasteiger partial charge < -0.3 is 28.8 Å². The smallest absolute Gasteiger partial charge is 0.334 e. The molecule has 0 aromatic carbocycles. The molecule has 8 nitrogen and oxygen atoms in total. The predicted octanol–water partition coefficient (Wildman–Crippen LogP) is 0.236. The van der Waals surface area contributed by atoms with Crippen LogP contribution in [-0.4, -0.2) is 66.1 Å². The molecule has 4 aliphatic heterocycles. The minimum absolute atomic E-state index is 0.0433. The number of fused-ring (bicyclic) bond motifs is 5. The van der Waals surface area contributed by atoms with E-state index in [-0.39, 0.29) is 41.8 Å². The molecule has 0 aromatic rings. The molecule has 2 bridgehead atoms. The number of carbonyl (C=O) groups is 2. The van der Waals surface area contributed by atoms with E-state index in [1.165, 1.54) is 0 Å². The SMILES string of the molecule is C=C(C)C(=O)O[C@H]1C[C@]23O[C@H]2C[C@@H](CO[C@@H]3O)[C@H]2O[C@H]2[C@H]2OC(=O)C(=C)[C@@H]21. The van der Waals surface area contributed by atoms with Crippen LogP contribution < -0.4 is 0 Å². The van der Waals surface area contributed by atoms with E-state index in [2.05, 4.69) is 13.2 Å². The Bertz CT molecular complexity index is 746. The van der Waals surface area contributed by atoms with Gasteiger partial charge in [0.25, 0.3) is 0 Å². The number of aliphatic hydroxyl groups excluding tert-OH is 1. The lowest BCUT2D eigenvalue weighted by Gasteiger charge is -2.30. The molecule has 0 spiro atoms. The fraction of sp³-hybridized carbons (Fsp3) is 0.684. The summed E-state index contributed by atoms with van der Waals surface area (Å²) in [5.41, 5.74) is -0.483. The largest absolute Gasteiger partial charge is 0.458 e. The zero-order valence-electron chi connectivity index (χ0n) is 15.0. The van der Waals surface area contributed by atoms with Gasteiger partial charge in [-0.25, -0.2) is 9.59 Å². The van der Waals surface area contributed by atoms with Gasteiger partial charge in [-0.2, -0.15) is 0 Å². The molecule has 1 N–H and O–H groups in total. The highest BCUT2D eigenvalue weighted by Gasteiger charge is 2.70. The van der Waals surface area contributed by atoms with E-state index >= 15 is 0 Å². The van der Waals surface area contributed by atoms with Crippen molar-refractivity contribution in [2.75, 3.05) is 6.61 Å². The molecular weight excluding hydrogens is 356 g/mol. The first-order chi connectivity index (χ1) is 12.8. The lowest BCUT2D eigenvalue weighted by Crippen LogP contribution is -2.44. The summed E-state index contributed by atoms with van der Waals surface area (Å²) in [5.74, 6) is -1.61. The Labute approximate surface area is 156 Å². The molecule has 0 unspecified atom stereocenters. The van der Waals surface area contributed by atoms with Crippen LogP contribution in [0.5, 0.6) is 0 Å². The van der Waals surface area contributed by atoms with Gasteiger partial charge >= 0.3 is 11.9 Å². The zero-order chi connectivity index (χ0) is 19.1. The average Bonchev–Trinajstić information content (AvgIpc) is 3.49. The predicted molar refractivity (Wildman–Crippen MR) is 88.2 cm³/mol. The van der Waals surface area contributed by atoms with E-state index in [0.717, 1.165) is 0 Å². The second-order valence-corrected chi connectivity index (χ2v) is 8.16. The first-order valence-electron chi connectivity index (χ1n) is 9.21. The molecular formula is C19H22O8.